The molecule has 1 atom stereocenters. The Hall–Kier alpha value is -0.480. The number of thioether (sulfide) groups is 1. The van der Waals surface area contributed by atoms with Crippen molar-refractivity contribution in [2.75, 3.05) is 23.4 Å². The molecule has 1 aromatic rings. The second-order valence-electron chi connectivity index (χ2n) is 4.37. The Balaban J connectivity index is 2.05. The lowest BCUT2D eigenvalue weighted by Crippen LogP contribution is -2.16. The lowest BCUT2D eigenvalue weighted by molar-refractivity contribution is 0.629. The summed E-state index contributed by atoms with van der Waals surface area (Å²) in [6.45, 7) is 5.00. The van der Waals surface area contributed by atoms with Gasteiger partial charge in [0.2, 0.25) is 0 Å². The van der Waals surface area contributed by atoms with Crippen molar-refractivity contribution in [1.82, 2.24) is 9.97 Å². The normalized spacial score (nSPS) is 19.6. The number of aromatic nitrogens is 2. The predicted molar refractivity (Wildman–Crippen MR) is 75.1 cm³/mol. The van der Waals surface area contributed by atoms with Gasteiger partial charge in [-0.05, 0) is 30.8 Å². The van der Waals surface area contributed by atoms with E-state index in [1.54, 1.807) is 0 Å². The van der Waals surface area contributed by atoms with Crippen molar-refractivity contribution < 1.29 is 0 Å². The summed E-state index contributed by atoms with van der Waals surface area (Å²) in [5.74, 6) is 5.02. The molecule has 1 N–H and O–H groups in total. The van der Waals surface area contributed by atoms with Crippen molar-refractivity contribution in [2.24, 2.45) is 5.92 Å². The number of nitrogens with zero attached hydrogens (tertiary/aromatic N) is 2. The Morgan fingerprint density at radius 3 is 2.94 bits per heavy atom. The molecule has 0 amide bonds. The average molecular weight is 272 g/mol. The van der Waals surface area contributed by atoms with Gasteiger partial charge in [0, 0.05) is 18.5 Å². The fourth-order valence-corrected chi connectivity index (χ4v) is 3.32. The quantitative estimate of drug-likeness (QED) is 0.854. The molecular weight excluding hydrogens is 254 g/mol. The summed E-state index contributed by atoms with van der Waals surface area (Å²) in [7, 11) is 0. The number of aryl methyl sites for hydroxylation is 1. The van der Waals surface area contributed by atoms with Crippen molar-refractivity contribution in [1.29, 1.82) is 0 Å². The van der Waals surface area contributed by atoms with Crippen LogP contribution in [-0.2, 0) is 6.42 Å². The zero-order valence-electron chi connectivity index (χ0n) is 10.3. The second-order valence-corrected chi connectivity index (χ2v) is 5.88. The Morgan fingerprint density at radius 2 is 2.29 bits per heavy atom. The molecule has 1 aromatic heterocycles. The number of halogens is 1. The smallest absolute Gasteiger partial charge is 0.137 e. The number of nitrogens with one attached hydrogen (secondary N) is 1. The third kappa shape index (κ3) is 3.26. The zero-order valence-corrected chi connectivity index (χ0v) is 11.9. The van der Waals surface area contributed by atoms with Crippen LogP contribution in [0.5, 0.6) is 0 Å². The number of hydrogen-bond donors (Lipinski definition) is 1. The molecule has 94 valence electrons. The van der Waals surface area contributed by atoms with Crippen LogP contribution in [0.4, 0.5) is 5.82 Å². The first kappa shape index (κ1) is 13.0. The number of hydrogen-bond acceptors (Lipinski definition) is 4. The van der Waals surface area contributed by atoms with E-state index in [1.165, 1.54) is 17.9 Å². The van der Waals surface area contributed by atoms with Crippen LogP contribution < -0.4 is 5.32 Å². The molecule has 0 saturated carbocycles. The van der Waals surface area contributed by atoms with Crippen molar-refractivity contribution in [3.63, 3.8) is 0 Å². The monoisotopic (exact) mass is 271 g/mol. The highest BCUT2D eigenvalue weighted by Gasteiger charge is 2.16. The van der Waals surface area contributed by atoms with Crippen LogP contribution in [0.25, 0.3) is 0 Å². The zero-order chi connectivity index (χ0) is 12.3. The van der Waals surface area contributed by atoms with Crippen molar-refractivity contribution >= 4 is 29.2 Å². The SMILES string of the molecule is CCc1nc(Cl)c(C)c(NCC2CCSC2)n1. The first-order valence-corrected chi connectivity index (χ1v) is 7.58. The fraction of sp³-hybridized carbons (Fsp3) is 0.667. The molecule has 1 unspecified atom stereocenters. The maximum atomic E-state index is 6.10. The molecular formula is C12H18ClN3S. The standard InChI is InChI=1S/C12H18ClN3S/c1-3-10-15-11(13)8(2)12(16-10)14-6-9-4-5-17-7-9/h9H,3-7H2,1-2H3,(H,14,15,16). The van der Waals surface area contributed by atoms with E-state index >= 15 is 0 Å². The van der Waals surface area contributed by atoms with E-state index in [0.29, 0.717) is 5.15 Å². The molecule has 5 heteroatoms. The third-order valence-corrected chi connectivity index (χ3v) is 4.63. The van der Waals surface area contributed by atoms with E-state index in [1.807, 2.05) is 25.6 Å². The van der Waals surface area contributed by atoms with Crippen molar-refractivity contribution in [2.45, 2.75) is 26.7 Å². The summed E-state index contributed by atoms with van der Waals surface area (Å²) in [6.07, 6.45) is 2.12. The van der Waals surface area contributed by atoms with Crippen LogP contribution in [0.2, 0.25) is 5.15 Å². The van der Waals surface area contributed by atoms with Crippen molar-refractivity contribution in [3.8, 4) is 0 Å². The lowest BCUT2D eigenvalue weighted by atomic mass is 10.1. The van der Waals surface area contributed by atoms with Crippen molar-refractivity contribution in [3.05, 3.63) is 16.5 Å². The van der Waals surface area contributed by atoms with Crippen LogP contribution in [0.15, 0.2) is 0 Å². The van der Waals surface area contributed by atoms with E-state index in [9.17, 15) is 0 Å². The van der Waals surface area contributed by atoms with Crippen LogP contribution >= 0.6 is 23.4 Å². The van der Waals surface area contributed by atoms with Crippen LogP contribution in [0, 0.1) is 12.8 Å². The molecule has 1 fully saturated rings. The second kappa shape index (κ2) is 5.91. The summed E-state index contributed by atoms with van der Waals surface area (Å²) < 4.78 is 0. The highest BCUT2D eigenvalue weighted by atomic mass is 35.5. The van der Waals surface area contributed by atoms with Gasteiger partial charge in [-0.1, -0.05) is 18.5 Å². The Bertz CT molecular complexity index is 392. The number of anilines is 1. The van der Waals surface area contributed by atoms with Crippen LogP contribution in [0.3, 0.4) is 0 Å². The van der Waals surface area contributed by atoms with Gasteiger partial charge in [0.25, 0.3) is 0 Å². The molecule has 17 heavy (non-hydrogen) atoms. The molecule has 0 spiro atoms. The maximum absolute atomic E-state index is 6.10. The minimum atomic E-state index is 0.570. The van der Waals surface area contributed by atoms with Gasteiger partial charge in [0.15, 0.2) is 0 Å². The van der Waals surface area contributed by atoms with Crippen LogP contribution in [0.1, 0.15) is 24.7 Å². The summed E-state index contributed by atoms with van der Waals surface area (Å²) in [4.78, 5) is 8.74. The summed E-state index contributed by atoms with van der Waals surface area (Å²) in [5.41, 5.74) is 0.953. The van der Waals surface area contributed by atoms with E-state index < -0.39 is 0 Å². The summed E-state index contributed by atoms with van der Waals surface area (Å²) in [5, 5.41) is 3.99. The molecule has 2 heterocycles. The molecule has 0 radical (unpaired) electrons. The molecule has 1 aliphatic heterocycles. The maximum Gasteiger partial charge on any atom is 0.137 e. The average Bonchev–Trinajstić information content (AvgIpc) is 2.84. The molecule has 0 aromatic carbocycles. The highest BCUT2D eigenvalue weighted by Crippen LogP contribution is 2.25. The van der Waals surface area contributed by atoms with E-state index in [-0.39, 0.29) is 0 Å². The van der Waals surface area contributed by atoms with Gasteiger partial charge < -0.3 is 5.32 Å². The van der Waals surface area contributed by atoms with Gasteiger partial charge in [-0.25, -0.2) is 9.97 Å². The predicted octanol–water partition coefficient (Wildman–Crippen LogP) is 3.17. The van der Waals surface area contributed by atoms with Gasteiger partial charge in [0.05, 0.1) is 0 Å². The molecule has 0 bridgehead atoms. The van der Waals surface area contributed by atoms with Gasteiger partial charge in [-0.3, -0.25) is 0 Å². The van der Waals surface area contributed by atoms with E-state index in [0.717, 1.165) is 36.1 Å². The van der Waals surface area contributed by atoms with E-state index in [2.05, 4.69) is 15.3 Å². The highest BCUT2D eigenvalue weighted by molar-refractivity contribution is 7.99. The Labute approximate surface area is 112 Å². The lowest BCUT2D eigenvalue weighted by Gasteiger charge is -2.13. The third-order valence-electron chi connectivity index (χ3n) is 3.03. The molecule has 3 nitrogen and oxygen atoms in total. The Kier molecular flexibility index (Phi) is 4.51. The molecule has 0 aliphatic carbocycles. The van der Waals surface area contributed by atoms with Crippen LogP contribution in [-0.4, -0.2) is 28.0 Å². The van der Waals surface area contributed by atoms with Gasteiger partial charge in [-0.2, -0.15) is 11.8 Å². The first-order valence-electron chi connectivity index (χ1n) is 6.05. The summed E-state index contributed by atoms with van der Waals surface area (Å²) in [6, 6.07) is 0. The fourth-order valence-electron chi connectivity index (χ4n) is 1.85. The minimum Gasteiger partial charge on any atom is -0.369 e. The Morgan fingerprint density at radius 1 is 1.47 bits per heavy atom. The minimum absolute atomic E-state index is 0.570. The number of rotatable bonds is 4. The molecule has 1 saturated heterocycles. The molecule has 2 rings (SSSR count). The van der Waals surface area contributed by atoms with Gasteiger partial charge in [-0.15, -0.1) is 0 Å². The largest absolute Gasteiger partial charge is 0.369 e. The van der Waals surface area contributed by atoms with E-state index in [4.69, 9.17) is 11.6 Å². The van der Waals surface area contributed by atoms with Gasteiger partial charge in [0.1, 0.15) is 16.8 Å². The topological polar surface area (TPSA) is 37.8 Å². The van der Waals surface area contributed by atoms with Gasteiger partial charge >= 0.3 is 0 Å². The molecule has 1 aliphatic rings. The summed E-state index contributed by atoms with van der Waals surface area (Å²) >= 11 is 8.13. The first-order chi connectivity index (χ1) is 8.20.